The molecular formula is C5H10Br2ClO4P. The van der Waals surface area contributed by atoms with E-state index in [1.807, 2.05) is 0 Å². The van der Waals surface area contributed by atoms with Gasteiger partial charge in [0, 0.05) is 16.1 Å². The number of hydrogen-bond donors (Lipinski definition) is 2. The monoisotopic (exact) mass is 358 g/mol. The largest absolute Gasteiger partial charge is 0.471 e. The summed E-state index contributed by atoms with van der Waals surface area (Å²) in [6.07, 6.45) is 0. The summed E-state index contributed by atoms with van der Waals surface area (Å²) in [6.45, 7) is 1.74. The summed E-state index contributed by atoms with van der Waals surface area (Å²) in [5.74, 6) is 0. The predicted octanol–water partition coefficient (Wildman–Crippen LogP) is 2.46. The van der Waals surface area contributed by atoms with Crippen molar-refractivity contribution in [3.05, 3.63) is 0 Å². The van der Waals surface area contributed by atoms with E-state index in [1.54, 1.807) is 6.92 Å². The quantitative estimate of drug-likeness (QED) is 0.584. The SMILES string of the molecule is CC(CBr)(CBr)C(Cl)OP(=O)(O)O. The molecule has 1 atom stereocenters. The second-order valence-electron chi connectivity index (χ2n) is 2.83. The van der Waals surface area contributed by atoms with Crippen LogP contribution in [0.25, 0.3) is 0 Å². The van der Waals surface area contributed by atoms with Gasteiger partial charge in [-0.2, -0.15) is 0 Å². The number of phosphoric acid groups is 1. The highest BCUT2D eigenvalue weighted by atomic mass is 79.9. The maximum Gasteiger partial charge on any atom is 0.471 e. The fraction of sp³-hybridized carbons (Fsp3) is 1.00. The minimum atomic E-state index is -4.52. The number of rotatable bonds is 5. The van der Waals surface area contributed by atoms with E-state index in [4.69, 9.17) is 21.4 Å². The summed E-state index contributed by atoms with van der Waals surface area (Å²) in [7, 11) is -4.52. The van der Waals surface area contributed by atoms with E-state index in [9.17, 15) is 4.57 Å². The van der Waals surface area contributed by atoms with E-state index >= 15 is 0 Å². The minimum Gasteiger partial charge on any atom is -0.303 e. The number of halogens is 3. The molecule has 8 heteroatoms. The van der Waals surface area contributed by atoms with Crippen LogP contribution in [0.4, 0.5) is 0 Å². The highest BCUT2D eigenvalue weighted by Crippen LogP contribution is 2.44. The molecule has 4 nitrogen and oxygen atoms in total. The van der Waals surface area contributed by atoms with Crippen LogP contribution in [-0.2, 0) is 9.09 Å². The Balaban J connectivity index is 4.40. The molecule has 0 saturated heterocycles. The molecule has 0 saturated carbocycles. The van der Waals surface area contributed by atoms with Crippen LogP contribution < -0.4 is 0 Å². The number of hydrogen-bond acceptors (Lipinski definition) is 2. The van der Waals surface area contributed by atoms with Gasteiger partial charge in [0.05, 0.1) is 0 Å². The van der Waals surface area contributed by atoms with Crippen molar-refractivity contribution in [2.24, 2.45) is 5.41 Å². The number of alkyl halides is 3. The molecule has 0 aliphatic rings. The fourth-order valence-corrected chi connectivity index (χ4v) is 3.26. The molecule has 80 valence electrons. The van der Waals surface area contributed by atoms with Crippen LogP contribution in [0.5, 0.6) is 0 Å². The average molecular weight is 360 g/mol. The molecule has 0 radical (unpaired) electrons. The van der Waals surface area contributed by atoms with Gasteiger partial charge in [-0.25, -0.2) is 4.57 Å². The van der Waals surface area contributed by atoms with Crippen LogP contribution in [0.1, 0.15) is 6.92 Å². The molecule has 0 amide bonds. The van der Waals surface area contributed by atoms with Gasteiger partial charge in [-0.15, -0.1) is 0 Å². The van der Waals surface area contributed by atoms with E-state index in [-0.39, 0.29) is 0 Å². The normalized spacial score (nSPS) is 15.8. The van der Waals surface area contributed by atoms with Gasteiger partial charge in [0.15, 0.2) is 0 Å². The Morgan fingerprint density at radius 1 is 1.54 bits per heavy atom. The van der Waals surface area contributed by atoms with Crippen LogP contribution in [-0.4, -0.2) is 26.0 Å². The van der Waals surface area contributed by atoms with Gasteiger partial charge >= 0.3 is 7.82 Å². The van der Waals surface area contributed by atoms with Crippen LogP contribution in [0.3, 0.4) is 0 Å². The van der Waals surface area contributed by atoms with E-state index in [0.717, 1.165) is 0 Å². The number of phosphoric ester groups is 1. The summed E-state index contributed by atoms with van der Waals surface area (Å²) in [4.78, 5) is 17.0. The zero-order chi connectivity index (χ0) is 10.7. The van der Waals surface area contributed by atoms with Crippen molar-refractivity contribution < 1.29 is 18.9 Å². The smallest absolute Gasteiger partial charge is 0.303 e. The molecule has 2 N–H and O–H groups in total. The lowest BCUT2D eigenvalue weighted by Gasteiger charge is -2.29. The topological polar surface area (TPSA) is 66.8 Å². The van der Waals surface area contributed by atoms with Gasteiger partial charge in [0.2, 0.25) is 0 Å². The van der Waals surface area contributed by atoms with Crippen molar-refractivity contribution in [1.29, 1.82) is 0 Å². The van der Waals surface area contributed by atoms with Crippen molar-refractivity contribution >= 4 is 51.3 Å². The fourth-order valence-electron chi connectivity index (χ4n) is 0.405. The first-order chi connectivity index (χ1) is 5.75. The lowest BCUT2D eigenvalue weighted by Crippen LogP contribution is -2.33. The van der Waals surface area contributed by atoms with Gasteiger partial charge in [-0.05, 0) is 0 Å². The van der Waals surface area contributed by atoms with Gasteiger partial charge in [0.25, 0.3) is 0 Å². The summed E-state index contributed by atoms with van der Waals surface area (Å²) in [5.41, 5.74) is -1.62. The van der Waals surface area contributed by atoms with Crippen molar-refractivity contribution in [1.82, 2.24) is 0 Å². The lowest BCUT2D eigenvalue weighted by atomic mass is 9.98. The third-order valence-electron chi connectivity index (χ3n) is 1.39. The molecule has 0 aromatic heterocycles. The maximum absolute atomic E-state index is 10.5. The Bertz CT molecular complexity index is 205. The van der Waals surface area contributed by atoms with E-state index < -0.39 is 18.8 Å². The molecule has 0 spiro atoms. The van der Waals surface area contributed by atoms with Crippen molar-refractivity contribution in [3.63, 3.8) is 0 Å². The molecule has 0 aromatic carbocycles. The molecule has 0 rings (SSSR count). The highest BCUT2D eigenvalue weighted by molar-refractivity contribution is 9.09. The van der Waals surface area contributed by atoms with Crippen LogP contribution in [0.15, 0.2) is 0 Å². The molecule has 1 unspecified atom stereocenters. The summed E-state index contributed by atoms with van der Waals surface area (Å²) >= 11 is 12.1. The van der Waals surface area contributed by atoms with Gasteiger partial charge < -0.3 is 9.79 Å². The zero-order valence-electron chi connectivity index (χ0n) is 6.78. The van der Waals surface area contributed by atoms with Gasteiger partial charge in [-0.1, -0.05) is 50.4 Å². The molecule has 0 fully saturated rings. The minimum absolute atomic E-state index is 0.472. The molecule has 0 aliphatic heterocycles. The molecule has 13 heavy (non-hydrogen) atoms. The first-order valence-electron chi connectivity index (χ1n) is 3.25. The van der Waals surface area contributed by atoms with E-state index in [0.29, 0.717) is 10.7 Å². The standard InChI is InChI=1S/C5H10Br2ClO4P/c1-5(2-6,3-7)4(8)12-13(9,10)11/h4H,2-3H2,1H3,(H2,9,10,11). The van der Waals surface area contributed by atoms with E-state index in [2.05, 4.69) is 36.4 Å². The Hall–Kier alpha value is 1.36. The first kappa shape index (κ1) is 14.4. The Morgan fingerprint density at radius 2 is 1.92 bits per heavy atom. The van der Waals surface area contributed by atoms with Crippen molar-refractivity contribution in [3.8, 4) is 0 Å². The second kappa shape index (κ2) is 5.45. The molecule has 0 bridgehead atoms. The van der Waals surface area contributed by atoms with Gasteiger partial charge in [-0.3, -0.25) is 4.52 Å². The first-order valence-corrected chi connectivity index (χ1v) is 7.46. The Morgan fingerprint density at radius 3 is 2.15 bits per heavy atom. The zero-order valence-corrected chi connectivity index (χ0v) is 11.6. The summed E-state index contributed by atoms with van der Waals surface area (Å²) in [5, 5.41) is 0.943. The molecule has 0 aliphatic carbocycles. The average Bonchev–Trinajstić information content (AvgIpc) is 2.00. The van der Waals surface area contributed by atoms with Crippen molar-refractivity contribution in [2.75, 3.05) is 10.7 Å². The second-order valence-corrected chi connectivity index (χ2v) is 5.54. The van der Waals surface area contributed by atoms with Crippen LogP contribution in [0.2, 0.25) is 0 Å². The highest BCUT2D eigenvalue weighted by Gasteiger charge is 2.36. The molecular weight excluding hydrogens is 350 g/mol. The summed E-state index contributed by atoms with van der Waals surface area (Å²) < 4.78 is 14.8. The molecule has 0 heterocycles. The van der Waals surface area contributed by atoms with Crippen molar-refractivity contribution in [2.45, 2.75) is 12.5 Å². The Labute approximate surface area is 98.5 Å². The van der Waals surface area contributed by atoms with Crippen LogP contribution in [0, 0.1) is 5.41 Å². The Kier molecular flexibility index (Phi) is 6.02. The van der Waals surface area contributed by atoms with Gasteiger partial charge in [0.1, 0.15) is 5.56 Å². The lowest BCUT2D eigenvalue weighted by molar-refractivity contribution is 0.116. The third kappa shape index (κ3) is 5.11. The van der Waals surface area contributed by atoms with Crippen LogP contribution >= 0.6 is 51.3 Å². The molecule has 0 aromatic rings. The predicted molar refractivity (Wildman–Crippen MR) is 58.5 cm³/mol. The summed E-state index contributed by atoms with van der Waals surface area (Å²) in [6, 6.07) is 0. The maximum atomic E-state index is 10.5. The van der Waals surface area contributed by atoms with E-state index in [1.165, 1.54) is 0 Å². The third-order valence-corrected chi connectivity index (χ3v) is 5.18.